The molecule has 0 unspecified atom stereocenters. The molecule has 0 aromatic heterocycles. The highest BCUT2D eigenvalue weighted by Gasteiger charge is 2.30. The Morgan fingerprint density at radius 1 is 0.962 bits per heavy atom. The molecular formula is C17H14F4N2O3. The molecule has 0 fully saturated rings. The van der Waals surface area contributed by atoms with Gasteiger partial charge in [0.05, 0.1) is 7.11 Å². The fourth-order valence-electron chi connectivity index (χ4n) is 2.11. The summed E-state index contributed by atoms with van der Waals surface area (Å²) in [5.74, 6) is -10.4. The maximum atomic E-state index is 14.0. The summed E-state index contributed by atoms with van der Waals surface area (Å²) in [4.78, 5) is 23.5. The normalized spacial score (nSPS) is 10.4. The van der Waals surface area contributed by atoms with Gasteiger partial charge in [-0.05, 0) is 18.2 Å². The maximum Gasteiger partial charge on any atom is 0.261 e. The summed E-state index contributed by atoms with van der Waals surface area (Å²) >= 11 is 0. The molecule has 9 heteroatoms. The lowest BCUT2D eigenvalue weighted by molar-refractivity contribution is -0.115. The number of methoxy groups -OCH3 is 1. The fourth-order valence-corrected chi connectivity index (χ4v) is 2.11. The molecule has 0 aliphatic heterocycles. The third kappa shape index (κ3) is 3.76. The first kappa shape index (κ1) is 19.2. The Bertz CT molecular complexity index is 842. The quantitative estimate of drug-likeness (QED) is 0.621. The zero-order valence-electron chi connectivity index (χ0n) is 13.8. The van der Waals surface area contributed by atoms with Gasteiger partial charge in [0, 0.05) is 17.8 Å². The van der Waals surface area contributed by atoms with Crippen molar-refractivity contribution in [2.45, 2.75) is 13.3 Å². The molecule has 0 saturated carbocycles. The molecule has 26 heavy (non-hydrogen) atoms. The van der Waals surface area contributed by atoms with Crippen LogP contribution < -0.4 is 15.4 Å². The Balaban J connectivity index is 2.34. The lowest BCUT2D eigenvalue weighted by Gasteiger charge is -2.12. The molecule has 2 aromatic rings. The Morgan fingerprint density at radius 2 is 1.50 bits per heavy atom. The van der Waals surface area contributed by atoms with Crippen molar-refractivity contribution >= 4 is 23.2 Å². The van der Waals surface area contributed by atoms with Crippen molar-refractivity contribution in [3.63, 3.8) is 0 Å². The molecular weight excluding hydrogens is 356 g/mol. The standard InChI is InChI=1S/C17H14F4N2O3/c1-3-10(24)22-8-5-4-6-9(7-8)23-17(25)11-12(18)14(20)16(26-2)15(21)13(11)19/h4-7H,3H2,1-2H3,(H,22,24)(H,23,25). The second-order valence-electron chi connectivity index (χ2n) is 5.10. The van der Waals surface area contributed by atoms with Crippen LogP contribution in [0.25, 0.3) is 0 Å². The van der Waals surface area contributed by atoms with E-state index in [0.717, 1.165) is 7.11 Å². The van der Waals surface area contributed by atoms with E-state index in [0.29, 0.717) is 5.69 Å². The number of hydrogen-bond acceptors (Lipinski definition) is 3. The van der Waals surface area contributed by atoms with E-state index in [2.05, 4.69) is 15.4 Å². The molecule has 0 radical (unpaired) electrons. The Kier molecular flexibility index (Phi) is 5.81. The van der Waals surface area contributed by atoms with Crippen LogP contribution in [0.3, 0.4) is 0 Å². The van der Waals surface area contributed by atoms with E-state index in [1.165, 1.54) is 24.3 Å². The van der Waals surface area contributed by atoms with Crippen LogP contribution in [0.4, 0.5) is 28.9 Å². The van der Waals surface area contributed by atoms with Crippen molar-refractivity contribution in [2.75, 3.05) is 17.7 Å². The van der Waals surface area contributed by atoms with Crippen molar-refractivity contribution in [2.24, 2.45) is 0 Å². The summed E-state index contributed by atoms with van der Waals surface area (Å²) in [6.45, 7) is 1.64. The minimum atomic E-state index is -1.88. The van der Waals surface area contributed by atoms with Crippen molar-refractivity contribution in [3.8, 4) is 5.75 Å². The lowest BCUT2D eigenvalue weighted by Crippen LogP contribution is -2.19. The monoisotopic (exact) mass is 370 g/mol. The first-order valence-corrected chi connectivity index (χ1v) is 7.41. The molecule has 0 spiro atoms. The van der Waals surface area contributed by atoms with Gasteiger partial charge in [-0.2, -0.15) is 8.78 Å². The summed E-state index contributed by atoms with van der Waals surface area (Å²) in [5.41, 5.74) is -1.05. The average molecular weight is 370 g/mol. The first-order chi connectivity index (χ1) is 12.3. The van der Waals surface area contributed by atoms with Crippen LogP contribution in [-0.2, 0) is 4.79 Å². The van der Waals surface area contributed by atoms with Crippen LogP contribution in [0, 0.1) is 23.3 Å². The average Bonchev–Trinajstić information content (AvgIpc) is 2.61. The third-order valence-electron chi connectivity index (χ3n) is 3.38. The largest absolute Gasteiger partial charge is 0.491 e. The van der Waals surface area contributed by atoms with Crippen LogP contribution >= 0.6 is 0 Å². The minimum absolute atomic E-state index is 0.0549. The topological polar surface area (TPSA) is 67.4 Å². The second kappa shape index (κ2) is 7.85. The summed E-state index contributed by atoms with van der Waals surface area (Å²) in [6.07, 6.45) is 0.220. The number of rotatable bonds is 5. The number of carbonyl (C=O) groups is 2. The summed E-state index contributed by atoms with van der Waals surface area (Å²) in [7, 11) is 0.830. The highest BCUT2D eigenvalue weighted by Crippen LogP contribution is 2.30. The molecule has 138 valence electrons. The van der Waals surface area contributed by atoms with Gasteiger partial charge in [0.2, 0.25) is 17.5 Å². The third-order valence-corrected chi connectivity index (χ3v) is 3.38. The van der Waals surface area contributed by atoms with E-state index in [-0.39, 0.29) is 18.0 Å². The van der Waals surface area contributed by atoms with Gasteiger partial charge in [-0.15, -0.1) is 0 Å². The van der Waals surface area contributed by atoms with Crippen molar-refractivity contribution in [3.05, 3.63) is 53.1 Å². The molecule has 0 aliphatic rings. The fraction of sp³-hybridized carbons (Fsp3) is 0.176. The van der Waals surface area contributed by atoms with Crippen LogP contribution in [0.1, 0.15) is 23.7 Å². The van der Waals surface area contributed by atoms with Crippen LogP contribution in [0.15, 0.2) is 24.3 Å². The second-order valence-corrected chi connectivity index (χ2v) is 5.10. The molecule has 0 aliphatic carbocycles. The zero-order valence-corrected chi connectivity index (χ0v) is 13.8. The number of carbonyl (C=O) groups excluding carboxylic acids is 2. The highest BCUT2D eigenvalue weighted by molar-refractivity contribution is 6.05. The molecule has 0 atom stereocenters. The summed E-state index contributed by atoms with van der Waals surface area (Å²) < 4.78 is 59.6. The summed E-state index contributed by atoms with van der Waals surface area (Å²) in [6, 6.07) is 5.67. The van der Waals surface area contributed by atoms with Crippen LogP contribution in [0.2, 0.25) is 0 Å². The van der Waals surface area contributed by atoms with E-state index in [1.54, 1.807) is 6.92 Å². The number of halogens is 4. The molecule has 2 amide bonds. The van der Waals surface area contributed by atoms with E-state index >= 15 is 0 Å². The van der Waals surface area contributed by atoms with Crippen LogP contribution in [0.5, 0.6) is 5.75 Å². The number of ether oxygens (including phenoxy) is 1. The van der Waals surface area contributed by atoms with E-state index in [4.69, 9.17) is 0 Å². The number of nitrogens with one attached hydrogen (secondary N) is 2. The smallest absolute Gasteiger partial charge is 0.261 e. The lowest BCUT2D eigenvalue weighted by atomic mass is 10.1. The molecule has 2 rings (SSSR count). The Hall–Kier alpha value is -3.10. The Labute approximate surface area is 146 Å². The number of anilines is 2. The molecule has 2 aromatic carbocycles. The van der Waals surface area contributed by atoms with E-state index in [1.807, 2.05) is 0 Å². The molecule has 2 N–H and O–H groups in total. The minimum Gasteiger partial charge on any atom is -0.491 e. The van der Waals surface area contributed by atoms with Crippen molar-refractivity contribution in [1.82, 2.24) is 0 Å². The molecule has 5 nitrogen and oxygen atoms in total. The summed E-state index contributed by atoms with van der Waals surface area (Å²) in [5, 5.41) is 4.65. The number of benzene rings is 2. The van der Waals surface area contributed by atoms with Gasteiger partial charge in [-0.25, -0.2) is 8.78 Å². The van der Waals surface area contributed by atoms with Gasteiger partial charge in [0.15, 0.2) is 17.4 Å². The van der Waals surface area contributed by atoms with Crippen molar-refractivity contribution < 1.29 is 31.9 Å². The van der Waals surface area contributed by atoms with Gasteiger partial charge in [-0.1, -0.05) is 13.0 Å². The first-order valence-electron chi connectivity index (χ1n) is 7.41. The van der Waals surface area contributed by atoms with Gasteiger partial charge in [-0.3, -0.25) is 9.59 Å². The van der Waals surface area contributed by atoms with Gasteiger partial charge < -0.3 is 15.4 Å². The number of amides is 2. The maximum absolute atomic E-state index is 14.0. The zero-order chi connectivity index (χ0) is 19.4. The Morgan fingerprint density at radius 3 is 2.00 bits per heavy atom. The van der Waals surface area contributed by atoms with E-state index in [9.17, 15) is 27.2 Å². The number of hydrogen-bond donors (Lipinski definition) is 2. The van der Waals surface area contributed by atoms with Gasteiger partial charge in [0.1, 0.15) is 5.56 Å². The molecule has 0 saturated heterocycles. The van der Waals surface area contributed by atoms with Crippen LogP contribution in [-0.4, -0.2) is 18.9 Å². The van der Waals surface area contributed by atoms with E-state index < -0.39 is 40.5 Å². The molecule has 0 bridgehead atoms. The van der Waals surface area contributed by atoms with Crippen molar-refractivity contribution in [1.29, 1.82) is 0 Å². The SMILES string of the molecule is CCC(=O)Nc1cccc(NC(=O)c2c(F)c(F)c(OC)c(F)c2F)c1. The predicted octanol–water partition coefficient (Wildman–Crippen LogP) is 3.85. The molecule has 0 heterocycles. The van der Waals surface area contributed by atoms with Gasteiger partial charge >= 0.3 is 0 Å². The van der Waals surface area contributed by atoms with Gasteiger partial charge in [0.25, 0.3) is 5.91 Å². The highest BCUT2D eigenvalue weighted by atomic mass is 19.2. The predicted molar refractivity (Wildman–Crippen MR) is 86.1 cm³/mol.